The molecule has 0 aliphatic carbocycles. The zero-order valence-electron chi connectivity index (χ0n) is 11.1. The van der Waals surface area contributed by atoms with E-state index < -0.39 is 6.03 Å². The molecule has 3 N–H and O–H groups in total. The summed E-state index contributed by atoms with van der Waals surface area (Å²) in [5.41, 5.74) is 6.50. The molecular weight excluding hydrogens is 276 g/mol. The van der Waals surface area contributed by atoms with Crippen LogP contribution in [-0.2, 0) is 0 Å². The highest BCUT2D eigenvalue weighted by atomic mass is 32.1. The van der Waals surface area contributed by atoms with E-state index in [1.54, 1.807) is 14.1 Å². The lowest BCUT2D eigenvalue weighted by atomic mass is 10.2. The lowest BCUT2D eigenvalue weighted by Crippen LogP contribution is -2.21. The summed E-state index contributed by atoms with van der Waals surface area (Å²) in [6, 6.07) is 8.61. The maximum Gasteiger partial charge on any atom is 0.317 e. The summed E-state index contributed by atoms with van der Waals surface area (Å²) in [5, 5.41) is 3.28. The molecule has 1 heterocycles. The summed E-state index contributed by atoms with van der Waals surface area (Å²) < 4.78 is 0. The average Bonchev–Trinajstić information content (AvgIpc) is 2.81. The molecule has 2 aromatic rings. The van der Waals surface area contributed by atoms with E-state index in [1.165, 1.54) is 4.90 Å². The SMILES string of the molecule is CN(C)C(=O)c1nc(-c2ccccc2)c(NC(N)=O)s1. The molecule has 0 saturated heterocycles. The number of benzene rings is 1. The monoisotopic (exact) mass is 290 g/mol. The van der Waals surface area contributed by atoms with Crippen LogP contribution >= 0.6 is 11.3 Å². The molecule has 2 rings (SSSR count). The summed E-state index contributed by atoms with van der Waals surface area (Å²) in [4.78, 5) is 28.8. The topological polar surface area (TPSA) is 88.3 Å². The number of carbonyl (C=O) groups excluding carboxylic acids is 2. The van der Waals surface area contributed by atoms with Crippen molar-refractivity contribution in [3.05, 3.63) is 35.3 Å². The quantitative estimate of drug-likeness (QED) is 0.906. The number of thiazole rings is 1. The van der Waals surface area contributed by atoms with Crippen LogP contribution in [0.2, 0.25) is 0 Å². The third kappa shape index (κ3) is 2.94. The summed E-state index contributed by atoms with van der Waals surface area (Å²) in [6.07, 6.45) is 0. The van der Waals surface area contributed by atoms with Gasteiger partial charge < -0.3 is 10.6 Å². The summed E-state index contributed by atoms with van der Waals surface area (Å²) in [7, 11) is 3.29. The van der Waals surface area contributed by atoms with E-state index in [0.29, 0.717) is 15.7 Å². The molecule has 7 heteroatoms. The van der Waals surface area contributed by atoms with Gasteiger partial charge in [-0.1, -0.05) is 41.7 Å². The van der Waals surface area contributed by atoms with E-state index in [-0.39, 0.29) is 5.91 Å². The molecule has 0 spiro atoms. The van der Waals surface area contributed by atoms with Crippen molar-refractivity contribution in [3.63, 3.8) is 0 Å². The number of primary amides is 1. The zero-order chi connectivity index (χ0) is 14.7. The van der Waals surface area contributed by atoms with Crippen molar-refractivity contribution >= 4 is 28.3 Å². The highest BCUT2D eigenvalue weighted by molar-refractivity contribution is 7.18. The smallest absolute Gasteiger partial charge is 0.317 e. The van der Waals surface area contributed by atoms with E-state index in [1.807, 2.05) is 30.3 Å². The Kier molecular flexibility index (Phi) is 3.99. The van der Waals surface area contributed by atoms with Gasteiger partial charge in [0, 0.05) is 19.7 Å². The molecule has 0 bridgehead atoms. The van der Waals surface area contributed by atoms with Crippen molar-refractivity contribution in [2.45, 2.75) is 0 Å². The fraction of sp³-hybridized carbons (Fsp3) is 0.154. The molecule has 6 nitrogen and oxygen atoms in total. The Bertz CT molecular complexity index is 637. The molecular formula is C13H14N4O2S. The summed E-state index contributed by atoms with van der Waals surface area (Å²) in [6.45, 7) is 0. The van der Waals surface area contributed by atoms with Crippen molar-refractivity contribution in [3.8, 4) is 11.3 Å². The van der Waals surface area contributed by atoms with Gasteiger partial charge >= 0.3 is 6.03 Å². The number of carbonyl (C=O) groups is 2. The van der Waals surface area contributed by atoms with Crippen LogP contribution in [0.3, 0.4) is 0 Å². The van der Waals surface area contributed by atoms with Gasteiger partial charge in [-0.3, -0.25) is 10.1 Å². The van der Waals surface area contributed by atoms with Gasteiger partial charge in [-0.15, -0.1) is 0 Å². The van der Waals surface area contributed by atoms with E-state index in [0.717, 1.165) is 16.9 Å². The summed E-state index contributed by atoms with van der Waals surface area (Å²) >= 11 is 1.10. The van der Waals surface area contributed by atoms with Crippen molar-refractivity contribution in [1.29, 1.82) is 0 Å². The van der Waals surface area contributed by atoms with Gasteiger partial charge in [-0.05, 0) is 0 Å². The largest absolute Gasteiger partial charge is 0.351 e. The van der Waals surface area contributed by atoms with Gasteiger partial charge in [0.25, 0.3) is 5.91 Å². The van der Waals surface area contributed by atoms with Crippen molar-refractivity contribution in [2.24, 2.45) is 5.73 Å². The van der Waals surface area contributed by atoms with Gasteiger partial charge in [0.1, 0.15) is 10.7 Å². The number of nitrogens with one attached hydrogen (secondary N) is 1. The van der Waals surface area contributed by atoms with Crippen LogP contribution in [0.5, 0.6) is 0 Å². The van der Waals surface area contributed by atoms with Crippen LogP contribution in [0.4, 0.5) is 9.80 Å². The minimum Gasteiger partial charge on any atom is -0.351 e. The number of amides is 3. The Morgan fingerprint density at radius 2 is 1.90 bits per heavy atom. The number of hydrogen-bond acceptors (Lipinski definition) is 4. The number of hydrogen-bond donors (Lipinski definition) is 2. The normalized spacial score (nSPS) is 10.1. The van der Waals surface area contributed by atoms with Crippen LogP contribution in [0.15, 0.2) is 30.3 Å². The number of nitrogens with two attached hydrogens (primary N) is 1. The molecule has 0 aliphatic rings. The first-order valence-corrected chi connectivity index (χ1v) is 6.65. The molecule has 1 aromatic heterocycles. The van der Waals surface area contributed by atoms with Gasteiger partial charge in [0.2, 0.25) is 0 Å². The highest BCUT2D eigenvalue weighted by Crippen LogP contribution is 2.33. The van der Waals surface area contributed by atoms with Crippen LogP contribution in [0.1, 0.15) is 9.80 Å². The van der Waals surface area contributed by atoms with Gasteiger partial charge in [-0.2, -0.15) is 0 Å². The predicted octanol–water partition coefficient (Wildman–Crippen LogP) is 2.00. The number of anilines is 1. The lowest BCUT2D eigenvalue weighted by Gasteiger charge is -2.06. The fourth-order valence-corrected chi connectivity index (χ4v) is 2.60. The standard InChI is InChI=1S/C13H14N4O2S/c1-17(2)12(18)11-15-9(8-6-4-3-5-7-8)10(20-11)16-13(14)19/h3-7H,1-2H3,(H3,14,16,19). The van der Waals surface area contributed by atoms with E-state index in [9.17, 15) is 9.59 Å². The maximum absolute atomic E-state index is 12.0. The van der Waals surface area contributed by atoms with Gasteiger partial charge in [-0.25, -0.2) is 9.78 Å². The molecule has 0 radical (unpaired) electrons. The second kappa shape index (κ2) is 5.70. The Morgan fingerprint density at radius 3 is 2.45 bits per heavy atom. The van der Waals surface area contributed by atoms with Crippen molar-refractivity contribution < 1.29 is 9.59 Å². The van der Waals surface area contributed by atoms with Crippen LogP contribution < -0.4 is 11.1 Å². The third-order valence-electron chi connectivity index (χ3n) is 2.50. The van der Waals surface area contributed by atoms with E-state index in [2.05, 4.69) is 10.3 Å². The first-order chi connectivity index (χ1) is 9.49. The molecule has 0 atom stereocenters. The number of nitrogens with zero attached hydrogens (tertiary/aromatic N) is 2. The van der Waals surface area contributed by atoms with E-state index in [4.69, 9.17) is 5.73 Å². The van der Waals surface area contributed by atoms with Crippen LogP contribution in [0, 0.1) is 0 Å². The second-order valence-electron chi connectivity index (χ2n) is 4.25. The molecule has 104 valence electrons. The predicted molar refractivity (Wildman–Crippen MR) is 78.8 cm³/mol. The Balaban J connectivity index is 2.48. The Labute approximate surface area is 120 Å². The average molecular weight is 290 g/mol. The van der Waals surface area contributed by atoms with Crippen molar-refractivity contribution in [1.82, 2.24) is 9.88 Å². The number of urea groups is 1. The minimum atomic E-state index is -0.685. The van der Waals surface area contributed by atoms with Gasteiger partial charge in [0.05, 0.1) is 0 Å². The minimum absolute atomic E-state index is 0.218. The van der Waals surface area contributed by atoms with Crippen LogP contribution in [0.25, 0.3) is 11.3 Å². The molecule has 0 fully saturated rings. The first-order valence-electron chi connectivity index (χ1n) is 5.83. The third-order valence-corrected chi connectivity index (χ3v) is 3.46. The Morgan fingerprint density at radius 1 is 1.25 bits per heavy atom. The maximum atomic E-state index is 12.0. The number of aromatic nitrogens is 1. The fourth-order valence-electron chi connectivity index (χ4n) is 1.59. The molecule has 1 aromatic carbocycles. The molecule has 20 heavy (non-hydrogen) atoms. The zero-order valence-corrected chi connectivity index (χ0v) is 11.9. The summed E-state index contributed by atoms with van der Waals surface area (Å²) in [5.74, 6) is -0.218. The second-order valence-corrected chi connectivity index (χ2v) is 5.25. The Hall–Kier alpha value is -2.41. The highest BCUT2D eigenvalue weighted by Gasteiger charge is 2.19. The lowest BCUT2D eigenvalue weighted by molar-refractivity contribution is 0.0827. The van der Waals surface area contributed by atoms with Crippen molar-refractivity contribution in [2.75, 3.05) is 19.4 Å². The molecule has 0 unspecified atom stereocenters. The van der Waals surface area contributed by atoms with E-state index >= 15 is 0 Å². The van der Waals surface area contributed by atoms with Gasteiger partial charge in [0.15, 0.2) is 5.01 Å². The molecule has 0 saturated carbocycles. The first kappa shape index (κ1) is 14.0. The molecule has 3 amide bonds. The van der Waals surface area contributed by atoms with Crippen LogP contribution in [-0.4, -0.2) is 35.9 Å². The molecule has 0 aliphatic heterocycles. The number of rotatable bonds is 3.